The minimum Gasteiger partial charge on any atom is -0.495 e. The van der Waals surface area contributed by atoms with E-state index in [1.165, 1.54) is 0 Å². The zero-order valence-electron chi connectivity index (χ0n) is 21.1. The molecule has 34 heavy (non-hydrogen) atoms. The number of fused-ring (bicyclic) bond motifs is 1. The number of ether oxygens (including phenoxy) is 2. The number of nitrogens with one attached hydrogen (secondary N) is 1. The van der Waals surface area contributed by atoms with E-state index in [1.807, 2.05) is 25.1 Å². The van der Waals surface area contributed by atoms with Gasteiger partial charge in [0.05, 0.1) is 38.6 Å². The van der Waals surface area contributed by atoms with E-state index in [1.54, 1.807) is 14.2 Å². The summed E-state index contributed by atoms with van der Waals surface area (Å²) >= 11 is 0. The number of carbonyl (C=O) groups is 1. The Kier molecular flexibility index (Phi) is 12.4. The highest BCUT2D eigenvalue weighted by Gasteiger charge is 2.24. The first-order chi connectivity index (χ1) is 16.7. The quantitative estimate of drug-likeness (QED) is 0.377. The molecule has 1 aromatic heterocycles. The van der Waals surface area contributed by atoms with Crippen LogP contribution in [-0.2, 0) is 17.7 Å². The number of nitrogens with zero attached hydrogens (tertiary/aromatic N) is 2. The first-order valence-corrected chi connectivity index (χ1v) is 12.1. The van der Waals surface area contributed by atoms with Crippen LogP contribution < -0.4 is 10.1 Å². The molecule has 0 bridgehead atoms. The van der Waals surface area contributed by atoms with Gasteiger partial charge in [-0.15, -0.1) is 0 Å². The van der Waals surface area contributed by atoms with E-state index in [0.717, 1.165) is 93.0 Å². The van der Waals surface area contributed by atoms with Crippen molar-refractivity contribution in [2.24, 2.45) is 0 Å². The number of methoxy groups -OCH3 is 1. The standard InChI is InChI=1S/C26H37N3O3.CH3F/c1-4-5-6-7-8-9-10-13-22-24(26(30)27-2)21-12-11-14-23(31-3)25(21)29(22)16-15-28-17-19-32-20-18-28;1-2/h4-5,8-9,11-12,14H,6-7,10,13,15-20H2,1-3H3,(H,27,30);1H3/b5-4-,9-8+;. The number of hydrogen-bond acceptors (Lipinski definition) is 4. The first kappa shape index (κ1) is 27.6. The molecule has 0 aliphatic carbocycles. The molecule has 1 fully saturated rings. The van der Waals surface area contributed by atoms with Gasteiger partial charge < -0.3 is 19.4 Å². The summed E-state index contributed by atoms with van der Waals surface area (Å²) in [5.74, 6) is 0.767. The number of unbranched alkanes of at least 4 members (excludes halogenated alkanes) is 1. The second-order valence-electron chi connectivity index (χ2n) is 8.02. The zero-order chi connectivity index (χ0) is 24.8. The monoisotopic (exact) mass is 473 g/mol. The second-order valence-corrected chi connectivity index (χ2v) is 8.02. The molecule has 1 amide bonds. The van der Waals surface area contributed by atoms with Crippen LogP contribution in [0.1, 0.15) is 42.2 Å². The Morgan fingerprint density at radius 1 is 1.12 bits per heavy atom. The van der Waals surface area contributed by atoms with E-state index in [9.17, 15) is 9.18 Å². The summed E-state index contributed by atoms with van der Waals surface area (Å²) in [6.07, 6.45) is 12.6. The van der Waals surface area contributed by atoms with Gasteiger partial charge in [0.25, 0.3) is 5.91 Å². The fourth-order valence-corrected chi connectivity index (χ4v) is 4.36. The number of alkyl halides is 1. The number of para-hydroxylation sites is 1. The number of halogens is 1. The molecule has 7 heteroatoms. The number of allylic oxidation sites excluding steroid dienone is 4. The van der Waals surface area contributed by atoms with Crippen molar-refractivity contribution in [2.45, 2.75) is 39.2 Å². The van der Waals surface area contributed by atoms with Gasteiger partial charge in [0, 0.05) is 44.3 Å². The van der Waals surface area contributed by atoms with Gasteiger partial charge in [-0.25, -0.2) is 0 Å². The van der Waals surface area contributed by atoms with Crippen LogP contribution in [0.25, 0.3) is 10.9 Å². The molecule has 0 atom stereocenters. The molecule has 1 aliphatic rings. The summed E-state index contributed by atoms with van der Waals surface area (Å²) < 4.78 is 23.0. The number of hydrogen-bond donors (Lipinski definition) is 1. The van der Waals surface area contributed by atoms with Gasteiger partial charge in [-0.1, -0.05) is 36.4 Å². The van der Waals surface area contributed by atoms with Crippen LogP contribution in [0.15, 0.2) is 42.5 Å². The van der Waals surface area contributed by atoms with Crippen molar-refractivity contribution < 1.29 is 18.7 Å². The van der Waals surface area contributed by atoms with Crippen LogP contribution in [0.2, 0.25) is 0 Å². The third-order valence-electron chi connectivity index (χ3n) is 6.02. The molecule has 6 nitrogen and oxygen atoms in total. The van der Waals surface area contributed by atoms with Crippen LogP contribution in [0.5, 0.6) is 5.75 Å². The van der Waals surface area contributed by atoms with Crippen LogP contribution in [0.3, 0.4) is 0 Å². The normalized spacial score (nSPS) is 14.5. The van der Waals surface area contributed by atoms with Crippen molar-refractivity contribution in [3.63, 3.8) is 0 Å². The van der Waals surface area contributed by atoms with E-state index in [0.29, 0.717) is 7.18 Å². The summed E-state index contributed by atoms with van der Waals surface area (Å²) in [7, 11) is 3.89. The Morgan fingerprint density at radius 2 is 1.82 bits per heavy atom. The number of morpholine rings is 1. The number of carbonyl (C=O) groups excluding carboxylic acids is 1. The minimum absolute atomic E-state index is 0.0413. The summed E-state index contributed by atoms with van der Waals surface area (Å²) in [5.41, 5.74) is 2.86. The van der Waals surface area contributed by atoms with E-state index in [-0.39, 0.29) is 5.91 Å². The Morgan fingerprint density at radius 3 is 2.50 bits per heavy atom. The number of aromatic nitrogens is 1. The summed E-state index contributed by atoms with van der Waals surface area (Å²) in [4.78, 5) is 15.4. The molecule has 2 heterocycles. The molecular formula is C27H40FN3O3. The minimum atomic E-state index is -0.0413. The number of benzene rings is 1. The summed E-state index contributed by atoms with van der Waals surface area (Å²) in [6.45, 7) is 7.24. The van der Waals surface area contributed by atoms with Gasteiger partial charge in [0.15, 0.2) is 0 Å². The molecule has 1 aliphatic heterocycles. The van der Waals surface area contributed by atoms with Gasteiger partial charge in [0.1, 0.15) is 5.75 Å². The molecule has 0 radical (unpaired) electrons. The lowest BCUT2D eigenvalue weighted by atomic mass is 10.1. The highest BCUT2D eigenvalue weighted by molar-refractivity contribution is 6.09. The molecular weight excluding hydrogens is 433 g/mol. The first-order valence-electron chi connectivity index (χ1n) is 12.1. The maximum Gasteiger partial charge on any atom is 0.253 e. The second kappa shape index (κ2) is 15.3. The van der Waals surface area contributed by atoms with Gasteiger partial charge >= 0.3 is 0 Å². The zero-order valence-corrected chi connectivity index (χ0v) is 21.1. The third-order valence-corrected chi connectivity index (χ3v) is 6.02. The molecule has 0 saturated carbocycles. The van der Waals surface area contributed by atoms with Gasteiger partial charge in [0.2, 0.25) is 0 Å². The van der Waals surface area contributed by atoms with Crippen LogP contribution >= 0.6 is 0 Å². The molecule has 2 aromatic rings. The Balaban J connectivity index is 0.00000199. The van der Waals surface area contributed by atoms with Crippen LogP contribution in [-0.4, -0.2) is 69.6 Å². The Labute approximate surface area is 203 Å². The smallest absolute Gasteiger partial charge is 0.253 e. The lowest BCUT2D eigenvalue weighted by Crippen LogP contribution is -2.38. The highest BCUT2D eigenvalue weighted by Crippen LogP contribution is 2.34. The van der Waals surface area contributed by atoms with E-state index in [2.05, 4.69) is 39.1 Å². The Hall–Kier alpha value is -2.64. The molecule has 188 valence electrons. The fraction of sp³-hybridized carbons (Fsp3) is 0.519. The van der Waals surface area contributed by atoms with Crippen molar-refractivity contribution in [3.05, 3.63) is 53.8 Å². The lowest BCUT2D eigenvalue weighted by Gasteiger charge is -2.27. The molecule has 1 saturated heterocycles. The Bertz CT molecular complexity index is 946. The number of rotatable bonds is 11. The topological polar surface area (TPSA) is 55.7 Å². The van der Waals surface area contributed by atoms with Crippen molar-refractivity contribution >= 4 is 16.8 Å². The van der Waals surface area contributed by atoms with Crippen LogP contribution in [0, 0.1) is 0 Å². The average Bonchev–Trinajstić information content (AvgIpc) is 3.21. The third kappa shape index (κ3) is 7.18. The van der Waals surface area contributed by atoms with E-state index >= 15 is 0 Å². The van der Waals surface area contributed by atoms with E-state index < -0.39 is 0 Å². The molecule has 1 aromatic carbocycles. The van der Waals surface area contributed by atoms with Crippen LogP contribution in [0.4, 0.5) is 4.39 Å². The maximum absolute atomic E-state index is 13.0. The number of amides is 1. The van der Waals surface area contributed by atoms with Gasteiger partial charge in [-0.3, -0.25) is 14.1 Å². The lowest BCUT2D eigenvalue weighted by molar-refractivity contribution is 0.0364. The maximum atomic E-state index is 13.0. The largest absolute Gasteiger partial charge is 0.495 e. The van der Waals surface area contributed by atoms with E-state index in [4.69, 9.17) is 9.47 Å². The predicted molar refractivity (Wildman–Crippen MR) is 138 cm³/mol. The van der Waals surface area contributed by atoms with Crippen molar-refractivity contribution in [1.82, 2.24) is 14.8 Å². The summed E-state index contributed by atoms with van der Waals surface area (Å²) in [6, 6.07) is 5.97. The van der Waals surface area contributed by atoms with Gasteiger partial charge in [-0.05, 0) is 38.7 Å². The average molecular weight is 474 g/mol. The molecule has 1 N–H and O–H groups in total. The highest BCUT2D eigenvalue weighted by atomic mass is 19.1. The van der Waals surface area contributed by atoms with Crippen molar-refractivity contribution in [1.29, 1.82) is 0 Å². The summed E-state index contributed by atoms with van der Waals surface area (Å²) in [5, 5.41) is 3.81. The molecule has 0 spiro atoms. The van der Waals surface area contributed by atoms with Gasteiger partial charge in [-0.2, -0.15) is 0 Å². The van der Waals surface area contributed by atoms with Crippen molar-refractivity contribution in [2.75, 3.05) is 54.2 Å². The molecule has 3 rings (SSSR count). The fourth-order valence-electron chi connectivity index (χ4n) is 4.36. The van der Waals surface area contributed by atoms with Crippen molar-refractivity contribution in [3.8, 4) is 5.75 Å². The molecule has 0 unspecified atom stereocenters. The SMILES string of the molecule is C/C=C\CC/C=C/CCc1c(C(=O)NC)c2cccc(OC)c2n1CCN1CCOCC1.CF. The predicted octanol–water partition coefficient (Wildman–Crippen LogP) is 4.77.